The lowest BCUT2D eigenvalue weighted by molar-refractivity contribution is 0.343. The van der Waals surface area contributed by atoms with Crippen LogP contribution in [0.15, 0.2) is 76.5 Å². The molecule has 2 aromatic carbocycles. The zero-order chi connectivity index (χ0) is 19.3. The first-order valence-corrected chi connectivity index (χ1v) is 10.2. The van der Waals surface area contributed by atoms with Crippen molar-refractivity contribution >= 4 is 23.4 Å². The van der Waals surface area contributed by atoms with Crippen LogP contribution in [0.3, 0.4) is 0 Å². The van der Waals surface area contributed by atoms with Gasteiger partial charge in [0.25, 0.3) is 0 Å². The lowest BCUT2D eigenvalue weighted by Gasteiger charge is -2.10. The standard InChI is InChI=1S/C21H18ClN3O2S/c1-15-14-17(9-10-18(15)22)26-12-13-28-21-24-23-20(19-8-5-11-27-19)25(21)16-6-3-2-4-7-16/h2-11,14H,12-13H2,1H3. The lowest BCUT2D eigenvalue weighted by Crippen LogP contribution is -2.03. The highest BCUT2D eigenvalue weighted by atomic mass is 35.5. The number of hydrogen-bond acceptors (Lipinski definition) is 5. The Morgan fingerprint density at radius 2 is 1.93 bits per heavy atom. The SMILES string of the molecule is Cc1cc(OCCSc2nnc(-c3ccco3)n2-c2ccccc2)ccc1Cl. The quantitative estimate of drug-likeness (QED) is 0.290. The van der Waals surface area contributed by atoms with E-state index in [2.05, 4.69) is 10.2 Å². The van der Waals surface area contributed by atoms with Crippen molar-refractivity contribution in [1.82, 2.24) is 14.8 Å². The number of rotatable bonds is 7. The number of thioether (sulfide) groups is 1. The van der Waals surface area contributed by atoms with Crippen molar-refractivity contribution < 1.29 is 9.15 Å². The van der Waals surface area contributed by atoms with E-state index in [1.54, 1.807) is 18.0 Å². The van der Waals surface area contributed by atoms with Crippen LogP contribution in [0.25, 0.3) is 17.3 Å². The molecule has 4 rings (SSSR count). The molecule has 0 radical (unpaired) electrons. The molecule has 0 spiro atoms. The van der Waals surface area contributed by atoms with E-state index in [1.807, 2.05) is 72.2 Å². The van der Waals surface area contributed by atoms with E-state index in [4.69, 9.17) is 20.8 Å². The first-order valence-electron chi connectivity index (χ1n) is 8.79. The molecule has 0 atom stereocenters. The average Bonchev–Trinajstić information content (AvgIpc) is 3.38. The van der Waals surface area contributed by atoms with Gasteiger partial charge in [0.05, 0.1) is 12.9 Å². The fraction of sp³-hybridized carbons (Fsp3) is 0.143. The van der Waals surface area contributed by atoms with Crippen LogP contribution < -0.4 is 4.74 Å². The summed E-state index contributed by atoms with van der Waals surface area (Å²) in [5, 5.41) is 10.2. The van der Waals surface area contributed by atoms with Crippen LogP contribution in [0.4, 0.5) is 0 Å². The minimum absolute atomic E-state index is 0.545. The molecule has 0 aliphatic carbocycles. The summed E-state index contributed by atoms with van der Waals surface area (Å²) in [5.41, 5.74) is 1.98. The zero-order valence-corrected chi connectivity index (χ0v) is 16.8. The molecule has 2 heterocycles. The molecule has 0 aliphatic heterocycles. The smallest absolute Gasteiger partial charge is 0.205 e. The number of furan rings is 1. The minimum Gasteiger partial charge on any atom is -0.493 e. The molecule has 0 saturated carbocycles. The van der Waals surface area contributed by atoms with Crippen molar-refractivity contribution in [3.63, 3.8) is 0 Å². The van der Waals surface area contributed by atoms with E-state index in [1.165, 1.54) is 0 Å². The van der Waals surface area contributed by atoms with Crippen LogP contribution >= 0.6 is 23.4 Å². The zero-order valence-electron chi connectivity index (χ0n) is 15.2. The Hall–Kier alpha value is -2.70. The largest absolute Gasteiger partial charge is 0.493 e. The van der Waals surface area contributed by atoms with Gasteiger partial charge in [0.15, 0.2) is 10.9 Å². The average molecular weight is 412 g/mol. The predicted octanol–water partition coefficient (Wildman–Crippen LogP) is 5.66. The number of halogens is 1. The van der Waals surface area contributed by atoms with Gasteiger partial charge in [-0.3, -0.25) is 4.57 Å². The highest BCUT2D eigenvalue weighted by molar-refractivity contribution is 7.99. The summed E-state index contributed by atoms with van der Waals surface area (Å²) in [7, 11) is 0. The second kappa shape index (κ2) is 8.54. The normalized spacial score (nSPS) is 10.9. The van der Waals surface area contributed by atoms with Crippen LogP contribution in [0, 0.1) is 6.92 Å². The maximum Gasteiger partial charge on any atom is 0.205 e. The molecule has 0 aliphatic rings. The van der Waals surface area contributed by atoms with Gasteiger partial charge in [-0.1, -0.05) is 41.6 Å². The van der Waals surface area contributed by atoms with Crippen molar-refractivity contribution in [2.75, 3.05) is 12.4 Å². The number of ether oxygens (including phenoxy) is 1. The van der Waals surface area contributed by atoms with Gasteiger partial charge in [-0.2, -0.15) is 0 Å². The van der Waals surface area contributed by atoms with Gasteiger partial charge in [0.2, 0.25) is 5.82 Å². The van der Waals surface area contributed by atoms with E-state index < -0.39 is 0 Å². The van der Waals surface area contributed by atoms with Gasteiger partial charge >= 0.3 is 0 Å². The van der Waals surface area contributed by atoms with Crippen LogP contribution in [0.2, 0.25) is 5.02 Å². The topological polar surface area (TPSA) is 53.1 Å². The van der Waals surface area contributed by atoms with Gasteiger partial charge in [-0.05, 0) is 55.0 Å². The summed E-state index contributed by atoms with van der Waals surface area (Å²) >= 11 is 7.64. The minimum atomic E-state index is 0.545. The Labute approximate surface area is 172 Å². The van der Waals surface area contributed by atoms with Crippen LogP contribution in [0.1, 0.15) is 5.56 Å². The highest BCUT2D eigenvalue weighted by Crippen LogP contribution is 2.28. The first kappa shape index (κ1) is 18.7. The Kier molecular flexibility index (Phi) is 5.69. The third-order valence-electron chi connectivity index (χ3n) is 4.10. The summed E-state index contributed by atoms with van der Waals surface area (Å²) in [6.45, 7) is 2.51. The van der Waals surface area contributed by atoms with E-state index >= 15 is 0 Å². The third kappa shape index (κ3) is 4.08. The van der Waals surface area contributed by atoms with Crippen molar-refractivity contribution in [1.29, 1.82) is 0 Å². The second-order valence-corrected chi connectivity index (χ2v) is 7.53. The number of aryl methyl sites for hydroxylation is 1. The monoisotopic (exact) mass is 411 g/mol. The maximum atomic E-state index is 6.06. The fourth-order valence-electron chi connectivity index (χ4n) is 2.74. The fourth-order valence-corrected chi connectivity index (χ4v) is 3.62. The highest BCUT2D eigenvalue weighted by Gasteiger charge is 2.17. The number of para-hydroxylation sites is 1. The van der Waals surface area contributed by atoms with Crippen LogP contribution in [-0.4, -0.2) is 27.1 Å². The van der Waals surface area contributed by atoms with Crippen LogP contribution in [-0.2, 0) is 0 Å². The summed E-state index contributed by atoms with van der Waals surface area (Å²) in [4.78, 5) is 0. The van der Waals surface area contributed by atoms with Crippen molar-refractivity contribution in [3.8, 4) is 23.0 Å². The van der Waals surface area contributed by atoms with Crippen molar-refractivity contribution in [3.05, 3.63) is 77.5 Å². The summed E-state index contributed by atoms with van der Waals surface area (Å²) in [6, 6.07) is 19.4. The number of benzene rings is 2. The molecule has 28 heavy (non-hydrogen) atoms. The maximum absolute atomic E-state index is 6.06. The molecule has 0 fully saturated rings. The van der Waals surface area contributed by atoms with Crippen molar-refractivity contribution in [2.24, 2.45) is 0 Å². The van der Waals surface area contributed by atoms with E-state index in [9.17, 15) is 0 Å². The van der Waals surface area contributed by atoms with Gasteiger partial charge in [-0.25, -0.2) is 0 Å². The molecular weight excluding hydrogens is 394 g/mol. The molecule has 4 aromatic rings. The second-order valence-electron chi connectivity index (χ2n) is 6.06. The Balaban J connectivity index is 1.49. The Morgan fingerprint density at radius 1 is 1.07 bits per heavy atom. The van der Waals surface area contributed by atoms with Gasteiger partial charge < -0.3 is 9.15 Å². The number of aromatic nitrogens is 3. The molecule has 0 N–H and O–H groups in total. The molecule has 5 nitrogen and oxygen atoms in total. The number of hydrogen-bond donors (Lipinski definition) is 0. The summed E-state index contributed by atoms with van der Waals surface area (Å²) < 4.78 is 13.4. The molecular formula is C21H18ClN3O2S. The number of nitrogens with zero attached hydrogens (tertiary/aromatic N) is 3. The van der Waals surface area contributed by atoms with Crippen LogP contribution in [0.5, 0.6) is 5.75 Å². The van der Waals surface area contributed by atoms with Gasteiger partial charge in [-0.15, -0.1) is 10.2 Å². The van der Waals surface area contributed by atoms with Gasteiger partial charge in [0.1, 0.15) is 5.75 Å². The van der Waals surface area contributed by atoms with E-state index in [0.29, 0.717) is 18.2 Å². The molecule has 0 bridgehead atoms. The molecule has 0 amide bonds. The molecule has 0 saturated heterocycles. The van der Waals surface area contributed by atoms with E-state index in [0.717, 1.165) is 32.9 Å². The van der Waals surface area contributed by atoms with E-state index in [-0.39, 0.29) is 0 Å². The molecule has 142 valence electrons. The predicted molar refractivity (Wildman–Crippen MR) is 111 cm³/mol. The lowest BCUT2D eigenvalue weighted by atomic mass is 10.2. The first-order chi connectivity index (χ1) is 13.7. The molecule has 7 heteroatoms. The Morgan fingerprint density at radius 3 is 2.68 bits per heavy atom. The third-order valence-corrected chi connectivity index (χ3v) is 5.42. The van der Waals surface area contributed by atoms with Gasteiger partial charge in [0, 0.05) is 16.5 Å². The molecule has 0 unspecified atom stereocenters. The Bertz CT molecular complexity index is 1050. The summed E-state index contributed by atoms with van der Waals surface area (Å²) in [6.07, 6.45) is 1.63. The summed E-state index contributed by atoms with van der Waals surface area (Å²) in [5.74, 6) is 2.89. The van der Waals surface area contributed by atoms with Crippen molar-refractivity contribution in [2.45, 2.75) is 12.1 Å². The molecule has 2 aromatic heterocycles.